The van der Waals surface area contributed by atoms with Crippen molar-refractivity contribution >= 4 is 6.09 Å². The van der Waals surface area contributed by atoms with Crippen LogP contribution >= 0.6 is 0 Å². The van der Waals surface area contributed by atoms with Crippen molar-refractivity contribution in [1.82, 2.24) is 5.06 Å². The van der Waals surface area contributed by atoms with Crippen LogP contribution in [0.3, 0.4) is 0 Å². The Hall–Kier alpha value is -1.63. The standard InChI is InChI=1S/C16H21NO5/c1-15(2)20-10-13(22-15)16(3)11-19-14(18)17(16)21-9-12-7-5-4-6-8-12/h4-8,13H,9-11H2,1-3H3/t13-,16+/m0/s1. The Bertz CT molecular complexity index is 547. The maximum atomic E-state index is 12.0. The second-order valence-electron chi connectivity index (χ2n) is 6.28. The number of ether oxygens (including phenoxy) is 3. The second-order valence-corrected chi connectivity index (χ2v) is 6.28. The molecule has 0 N–H and O–H groups in total. The molecule has 3 rings (SSSR count). The van der Waals surface area contributed by atoms with E-state index >= 15 is 0 Å². The molecule has 2 saturated heterocycles. The number of hydrogen-bond donors (Lipinski definition) is 0. The first-order valence-electron chi connectivity index (χ1n) is 7.36. The SMILES string of the molecule is CC1(C)OC[C@@H]([C@@]2(C)COC(=O)N2OCc2ccccc2)O1. The number of amides is 1. The highest BCUT2D eigenvalue weighted by atomic mass is 16.8. The van der Waals surface area contributed by atoms with E-state index in [9.17, 15) is 4.79 Å². The zero-order valence-corrected chi connectivity index (χ0v) is 13.1. The molecule has 6 heteroatoms. The molecule has 2 fully saturated rings. The lowest BCUT2D eigenvalue weighted by molar-refractivity contribution is -0.212. The molecule has 0 radical (unpaired) electrons. The third-order valence-electron chi connectivity index (χ3n) is 4.02. The van der Waals surface area contributed by atoms with Gasteiger partial charge in [0.1, 0.15) is 24.9 Å². The Balaban J connectivity index is 1.72. The van der Waals surface area contributed by atoms with E-state index in [4.69, 9.17) is 19.0 Å². The van der Waals surface area contributed by atoms with Gasteiger partial charge in [-0.1, -0.05) is 30.3 Å². The van der Waals surface area contributed by atoms with Crippen molar-refractivity contribution in [2.24, 2.45) is 0 Å². The van der Waals surface area contributed by atoms with Crippen LogP contribution < -0.4 is 0 Å². The molecule has 0 spiro atoms. The van der Waals surface area contributed by atoms with Gasteiger partial charge in [0, 0.05) is 0 Å². The zero-order valence-electron chi connectivity index (χ0n) is 13.1. The summed E-state index contributed by atoms with van der Waals surface area (Å²) in [5.41, 5.74) is 0.271. The lowest BCUT2D eigenvalue weighted by Gasteiger charge is -2.34. The van der Waals surface area contributed by atoms with Crippen molar-refractivity contribution in [3.63, 3.8) is 0 Å². The molecule has 2 heterocycles. The molecule has 1 aromatic carbocycles. The molecule has 0 bridgehead atoms. The minimum absolute atomic E-state index is 0.213. The molecule has 1 aromatic rings. The van der Waals surface area contributed by atoms with Gasteiger partial charge in [-0.2, -0.15) is 5.06 Å². The van der Waals surface area contributed by atoms with E-state index in [0.717, 1.165) is 5.56 Å². The first kappa shape index (κ1) is 15.3. The van der Waals surface area contributed by atoms with Gasteiger partial charge in [0.2, 0.25) is 0 Å². The van der Waals surface area contributed by atoms with Gasteiger partial charge in [-0.25, -0.2) is 4.79 Å². The summed E-state index contributed by atoms with van der Waals surface area (Å²) in [6.07, 6.45) is -0.795. The Morgan fingerprint density at radius 2 is 2.00 bits per heavy atom. The number of nitrogens with zero attached hydrogens (tertiary/aromatic N) is 1. The molecule has 120 valence electrons. The number of hydrogen-bond acceptors (Lipinski definition) is 5. The first-order valence-corrected chi connectivity index (χ1v) is 7.36. The molecule has 0 saturated carbocycles. The van der Waals surface area contributed by atoms with Crippen LogP contribution in [0.5, 0.6) is 0 Å². The summed E-state index contributed by atoms with van der Waals surface area (Å²) in [4.78, 5) is 17.7. The molecule has 0 unspecified atom stereocenters. The van der Waals surface area contributed by atoms with Crippen molar-refractivity contribution < 1.29 is 23.8 Å². The summed E-state index contributed by atoms with van der Waals surface area (Å²) < 4.78 is 16.7. The summed E-state index contributed by atoms with van der Waals surface area (Å²) in [5, 5.41) is 1.29. The highest BCUT2D eigenvalue weighted by molar-refractivity contribution is 5.70. The Morgan fingerprint density at radius 3 is 2.64 bits per heavy atom. The van der Waals surface area contributed by atoms with Gasteiger partial charge in [0.15, 0.2) is 5.79 Å². The summed E-state index contributed by atoms with van der Waals surface area (Å²) in [5.74, 6) is -0.662. The highest BCUT2D eigenvalue weighted by Gasteiger charge is 2.55. The quantitative estimate of drug-likeness (QED) is 0.855. The maximum absolute atomic E-state index is 12.0. The predicted octanol–water partition coefficient (Wildman–Crippen LogP) is 2.48. The number of benzene rings is 1. The number of carbonyl (C=O) groups excluding carboxylic acids is 1. The van der Waals surface area contributed by atoms with Crippen LogP contribution in [0.15, 0.2) is 30.3 Å². The van der Waals surface area contributed by atoms with Crippen molar-refractivity contribution in [2.75, 3.05) is 13.2 Å². The molecule has 0 aromatic heterocycles. The van der Waals surface area contributed by atoms with E-state index in [0.29, 0.717) is 13.2 Å². The van der Waals surface area contributed by atoms with Crippen molar-refractivity contribution in [2.45, 2.75) is 44.8 Å². The molecular formula is C16H21NO5. The molecule has 0 aliphatic carbocycles. The van der Waals surface area contributed by atoms with Gasteiger partial charge in [0.25, 0.3) is 0 Å². The monoisotopic (exact) mass is 307 g/mol. The lowest BCUT2D eigenvalue weighted by Crippen LogP contribution is -2.54. The summed E-state index contributed by atoms with van der Waals surface area (Å²) in [6.45, 7) is 6.49. The van der Waals surface area contributed by atoms with E-state index in [1.807, 2.05) is 51.1 Å². The minimum atomic E-state index is -0.709. The fourth-order valence-electron chi connectivity index (χ4n) is 2.66. The molecule has 2 atom stereocenters. The maximum Gasteiger partial charge on any atom is 0.434 e. The zero-order chi connectivity index (χ0) is 15.8. The van der Waals surface area contributed by atoms with Crippen LogP contribution in [0, 0.1) is 0 Å². The molecule has 2 aliphatic rings. The third-order valence-corrected chi connectivity index (χ3v) is 4.02. The van der Waals surface area contributed by atoms with Gasteiger partial charge < -0.3 is 14.2 Å². The van der Waals surface area contributed by atoms with Crippen LogP contribution in [0.2, 0.25) is 0 Å². The van der Waals surface area contributed by atoms with Crippen LogP contribution in [0.1, 0.15) is 26.3 Å². The molecule has 22 heavy (non-hydrogen) atoms. The number of carbonyl (C=O) groups is 1. The van der Waals surface area contributed by atoms with Gasteiger partial charge in [-0.15, -0.1) is 0 Å². The lowest BCUT2D eigenvalue weighted by atomic mass is 9.97. The average Bonchev–Trinajstić information content (AvgIpc) is 3.00. The largest absolute Gasteiger partial charge is 0.445 e. The van der Waals surface area contributed by atoms with Gasteiger partial charge >= 0.3 is 6.09 Å². The smallest absolute Gasteiger partial charge is 0.434 e. The Morgan fingerprint density at radius 1 is 1.27 bits per heavy atom. The van der Waals surface area contributed by atoms with E-state index in [1.54, 1.807) is 0 Å². The fraction of sp³-hybridized carbons (Fsp3) is 0.562. The Labute approximate surface area is 129 Å². The van der Waals surface area contributed by atoms with Crippen molar-refractivity contribution in [3.8, 4) is 0 Å². The van der Waals surface area contributed by atoms with Crippen LogP contribution in [0.4, 0.5) is 4.79 Å². The summed E-state index contributed by atoms with van der Waals surface area (Å²) in [7, 11) is 0. The van der Waals surface area contributed by atoms with Gasteiger partial charge in [-0.3, -0.25) is 4.84 Å². The molecule has 2 aliphatic heterocycles. The van der Waals surface area contributed by atoms with E-state index in [2.05, 4.69) is 0 Å². The number of rotatable bonds is 4. The van der Waals surface area contributed by atoms with E-state index < -0.39 is 17.4 Å². The number of cyclic esters (lactones) is 1. The fourth-order valence-corrected chi connectivity index (χ4v) is 2.66. The van der Waals surface area contributed by atoms with Crippen molar-refractivity contribution in [1.29, 1.82) is 0 Å². The van der Waals surface area contributed by atoms with Crippen molar-refractivity contribution in [3.05, 3.63) is 35.9 Å². The molecular weight excluding hydrogens is 286 g/mol. The predicted molar refractivity (Wildman–Crippen MR) is 77.7 cm³/mol. The summed E-state index contributed by atoms with van der Waals surface area (Å²) >= 11 is 0. The van der Waals surface area contributed by atoms with Gasteiger partial charge in [0.05, 0.1) is 6.61 Å². The van der Waals surface area contributed by atoms with Crippen LogP contribution in [-0.2, 0) is 25.7 Å². The topological polar surface area (TPSA) is 57.2 Å². The molecule has 6 nitrogen and oxygen atoms in total. The normalized spacial score (nSPS) is 30.6. The van der Waals surface area contributed by atoms with Crippen LogP contribution in [0.25, 0.3) is 0 Å². The van der Waals surface area contributed by atoms with E-state index in [1.165, 1.54) is 5.06 Å². The van der Waals surface area contributed by atoms with E-state index in [-0.39, 0.29) is 12.7 Å². The minimum Gasteiger partial charge on any atom is -0.445 e. The first-order chi connectivity index (χ1) is 10.4. The average molecular weight is 307 g/mol. The van der Waals surface area contributed by atoms with Crippen LogP contribution in [-0.4, -0.2) is 41.8 Å². The second kappa shape index (κ2) is 5.53. The molecule has 1 amide bonds. The Kier molecular flexibility index (Phi) is 3.84. The van der Waals surface area contributed by atoms with Gasteiger partial charge in [-0.05, 0) is 26.3 Å². The third kappa shape index (κ3) is 2.82. The number of hydroxylamine groups is 2. The summed E-state index contributed by atoms with van der Waals surface area (Å²) in [6, 6.07) is 9.67. The highest BCUT2D eigenvalue weighted by Crippen LogP contribution is 2.36.